The number of carbonyl (C=O) groups is 1. The van der Waals surface area contributed by atoms with Crippen LogP contribution >= 0.6 is 11.3 Å². The average Bonchev–Trinajstić information content (AvgIpc) is 3.18. The van der Waals surface area contributed by atoms with E-state index in [4.69, 9.17) is 5.26 Å². The average molecular weight is 312 g/mol. The van der Waals surface area contributed by atoms with Crippen LogP contribution in [0.3, 0.4) is 0 Å². The maximum Gasteiger partial charge on any atom is 0.229 e. The van der Waals surface area contributed by atoms with E-state index >= 15 is 0 Å². The molecule has 2 N–H and O–H groups in total. The van der Waals surface area contributed by atoms with E-state index in [0.717, 1.165) is 23.3 Å². The molecule has 112 valence electrons. The van der Waals surface area contributed by atoms with Crippen molar-refractivity contribution in [2.24, 2.45) is 5.92 Å². The number of hydrogen-bond acceptors (Lipinski definition) is 5. The van der Waals surface area contributed by atoms with Crippen molar-refractivity contribution in [3.63, 3.8) is 0 Å². The second kappa shape index (κ2) is 6.58. The molecule has 2 atom stereocenters. The standard InChI is InChI=1S/C16H16N4OS/c17-10-19-13-7-6-12(8-13)15(21)20-16-18-9-14(22-16)11-4-2-1-3-5-11/h1-5,9,12-13,19H,6-8H2,(H,18,20,21)/t12-,13?/m0/s1. The zero-order valence-corrected chi connectivity index (χ0v) is 12.8. The molecule has 0 radical (unpaired) electrons. The molecule has 3 rings (SSSR count). The molecule has 0 saturated heterocycles. The van der Waals surface area contributed by atoms with Crippen LogP contribution < -0.4 is 10.6 Å². The molecule has 1 heterocycles. The van der Waals surface area contributed by atoms with E-state index in [1.165, 1.54) is 11.3 Å². The molecular formula is C16H16N4OS. The second-order valence-corrected chi connectivity index (χ2v) is 6.38. The van der Waals surface area contributed by atoms with Gasteiger partial charge in [-0.15, -0.1) is 0 Å². The number of amides is 1. The first kappa shape index (κ1) is 14.5. The lowest BCUT2D eigenvalue weighted by Gasteiger charge is -2.09. The van der Waals surface area contributed by atoms with E-state index in [-0.39, 0.29) is 17.9 Å². The van der Waals surface area contributed by atoms with Crippen molar-refractivity contribution < 1.29 is 4.79 Å². The monoisotopic (exact) mass is 312 g/mol. The van der Waals surface area contributed by atoms with Crippen LogP contribution in [0.5, 0.6) is 0 Å². The number of thiazole rings is 1. The minimum Gasteiger partial charge on any atom is -0.321 e. The predicted octanol–water partition coefficient (Wildman–Crippen LogP) is 2.99. The Bertz CT molecular complexity index is 692. The number of nitrogens with one attached hydrogen (secondary N) is 2. The van der Waals surface area contributed by atoms with E-state index in [2.05, 4.69) is 15.6 Å². The Morgan fingerprint density at radius 2 is 2.14 bits per heavy atom. The van der Waals surface area contributed by atoms with Gasteiger partial charge in [0.2, 0.25) is 5.91 Å². The summed E-state index contributed by atoms with van der Waals surface area (Å²) in [5.41, 5.74) is 1.10. The first-order valence-electron chi connectivity index (χ1n) is 7.23. The zero-order chi connectivity index (χ0) is 15.4. The Morgan fingerprint density at radius 1 is 1.32 bits per heavy atom. The number of carbonyl (C=O) groups excluding carboxylic acids is 1. The number of aromatic nitrogens is 1. The van der Waals surface area contributed by atoms with Crippen LogP contribution in [0.2, 0.25) is 0 Å². The van der Waals surface area contributed by atoms with Gasteiger partial charge in [0.15, 0.2) is 11.3 Å². The molecular weight excluding hydrogens is 296 g/mol. The van der Waals surface area contributed by atoms with Gasteiger partial charge in [-0.2, -0.15) is 5.26 Å². The number of anilines is 1. The highest BCUT2D eigenvalue weighted by Crippen LogP contribution is 2.31. The van der Waals surface area contributed by atoms with Gasteiger partial charge in [-0.05, 0) is 24.8 Å². The molecule has 0 aliphatic heterocycles. The summed E-state index contributed by atoms with van der Waals surface area (Å²) in [4.78, 5) is 17.6. The first-order chi connectivity index (χ1) is 10.8. The summed E-state index contributed by atoms with van der Waals surface area (Å²) in [6.07, 6.45) is 6.10. The summed E-state index contributed by atoms with van der Waals surface area (Å²) in [6, 6.07) is 10.1. The quantitative estimate of drug-likeness (QED) is 0.672. The molecule has 1 aromatic carbocycles. The lowest BCUT2D eigenvalue weighted by Crippen LogP contribution is -2.25. The van der Waals surface area contributed by atoms with Crippen LogP contribution in [-0.4, -0.2) is 16.9 Å². The van der Waals surface area contributed by atoms with Crippen molar-refractivity contribution in [3.8, 4) is 16.6 Å². The van der Waals surface area contributed by atoms with Gasteiger partial charge in [-0.1, -0.05) is 41.7 Å². The van der Waals surface area contributed by atoms with Gasteiger partial charge in [0.1, 0.15) is 0 Å². The third-order valence-electron chi connectivity index (χ3n) is 3.87. The largest absolute Gasteiger partial charge is 0.321 e. The Hall–Kier alpha value is -2.39. The normalized spacial score (nSPS) is 20.3. The highest BCUT2D eigenvalue weighted by atomic mass is 32.1. The van der Waals surface area contributed by atoms with Crippen LogP contribution in [-0.2, 0) is 4.79 Å². The molecule has 1 unspecified atom stereocenters. The lowest BCUT2D eigenvalue weighted by molar-refractivity contribution is -0.119. The number of benzene rings is 1. The molecule has 1 aliphatic rings. The molecule has 0 bridgehead atoms. The molecule has 0 spiro atoms. The molecule has 5 nitrogen and oxygen atoms in total. The van der Waals surface area contributed by atoms with Crippen molar-refractivity contribution in [1.29, 1.82) is 5.26 Å². The number of nitriles is 1. The summed E-state index contributed by atoms with van der Waals surface area (Å²) in [6.45, 7) is 0. The third kappa shape index (κ3) is 3.26. The van der Waals surface area contributed by atoms with Crippen molar-refractivity contribution in [2.45, 2.75) is 25.3 Å². The fourth-order valence-corrected chi connectivity index (χ4v) is 3.54. The van der Waals surface area contributed by atoms with E-state index in [9.17, 15) is 4.79 Å². The third-order valence-corrected chi connectivity index (χ3v) is 4.83. The fraction of sp³-hybridized carbons (Fsp3) is 0.312. The summed E-state index contributed by atoms with van der Waals surface area (Å²) in [5.74, 6) is -0.0499. The Kier molecular flexibility index (Phi) is 4.35. The van der Waals surface area contributed by atoms with Crippen molar-refractivity contribution in [2.75, 3.05) is 5.32 Å². The first-order valence-corrected chi connectivity index (χ1v) is 8.04. The summed E-state index contributed by atoms with van der Waals surface area (Å²) in [5, 5.41) is 14.9. The van der Waals surface area contributed by atoms with Gasteiger partial charge in [0.25, 0.3) is 0 Å². The predicted molar refractivity (Wildman–Crippen MR) is 86.1 cm³/mol. The highest BCUT2D eigenvalue weighted by Gasteiger charge is 2.30. The van der Waals surface area contributed by atoms with Crippen LogP contribution in [0, 0.1) is 17.4 Å². The van der Waals surface area contributed by atoms with Crippen LogP contribution in [0.1, 0.15) is 19.3 Å². The minimum atomic E-state index is -0.0464. The van der Waals surface area contributed by atoms with Crippen LogP contribution in [0.15, 0.2) is 36.5 Å². The Balaban J connectivity index is 1.61. The van der Waals surface area contributed by atoms with Gasteiger partial charge >= 0.3 is 0 Å². The summed E-state index contributed by atoms with van der Waals surface area (Å²) < 4.78 is 0. The number of rotatable bonds is 4. The smallest absolute Gasteiger partial charge is 0.229 e. The van der Waals surface area contributed by atoms with Gasteiger partial charge in [0.05, 0.1) is 4.88 Å². The van der Waals surface area contributed by atoms with Gasteiger partial charge in [0, 0.05) is 18.2 Å². The maximum absolute atomic E-state index is 12.3. The molecule has 22 heavy (non-hydrogen) atoms. The second-order valence-electron chi connectivity index (χ2n) is 5.35. The number of hydrogen-bond donors (Lipinski definition) is 2. The van der Waals surface area contributed by atoms with Gasteiger partial charge in [-0.25, -0.2) is 4.98 Å². The fourth-order valence-electron chi connectivity index (χ4n) is 2.72. The molecule has 1 fully saturated rings. The molecule has 2 aromatic rings. The van der Waals surface area contributed by atoms with Crippen molar-refractivity contribution in [3.05, 3.63) is 36.5 Å². The maximum atomic E-state index is 12.3. The Labute approximate surface area is 133 Å². The molecule has 6 heteroatoms. The van der Waals surface area contributed by atoms with E-state index in [1.807, 2.05) is 36.5 Å². The molecule has 1 saturated carbocycles. The molecule has 1 aliphatic carbocycles. The summed E-state index contributed by atoms with van der Waals surface area (Å²) in [7, 11) is 0. The molecule has 1 aromatic heterocycles. The SMILES string of the molecule is N#CNC1CC[C@H](C(=O)Nc2ncc(-c3ccccc3)s2)C1. The minimum absolute atomic E-state index is 0.00352. The Morgan fingerprint density at radius 3 is 2.91 bits per heavy atom. The van der Waals surface area contributed by atoms with Crippen LogP contribution in [0.4, 0.5) is 5.13 Å². The van der Waals surface area contributed by atoms with Crippen LogP contribution in [0.25, 0.3) is 10.4 Å². The zero-order valence-electron chi connectivity index (χ0n) is 12.0. The topological polar surface area (TPSA) is 77.8 Å². The van der Waals surface area contributed by atoms with Gasteiger partial charge in [-0.3, -0.25) is 4.79 Å². The van der Waals surface area contributed by atoms with E-state index in [0.29, 0.717) is 11.6 Å². The van der Waals surface area contributed by atoms with E-state index < -0.39 is 0 Å². The lowest BCUT2D eigenvalue weighted by atomic mass is 10.1. The van der Waals surface area contributed by atoms with Gasteiger partial charge < -0.3 is 10.6 Å². The van der Waals surface area contributed by atoms with E-state index in [1.54, 1.807) is 6.20 Å². The van der Waals surface area contributed by atoms with Crippen molar-refractivity contribution >= 4 is 22.4 Å². The molecule has 1 amide bonds. The number of nitrogens with zero attached hydrogens (tertiary/aromatic N) is 2. The summed E-state index contributed by atoms with van der Waals surface area (Å²) >= 11 is 1.47. The highest BCUT2D eigenvalue weighted by molar-refractivity contribution is 7.19. The van der Waals surface area contributed by atoms with Crippen molar-refractivity contribution in [1.82, 2.24) is 10.3 Å².